The van der Waals surface area contributed by atoms with Gasteiger partial charge in [0, 0.05) is 25.2 Å². The van der Waals surface area contributed by atoms with Crippen molar-refractivity contribution < 1.29 is 14.2 Å². The highest BCUT2D eigenvalue weighted by molar-refractivity contribution is 5.48. The molecule has 3 unspecified atom stereocenters. The molecule has 1 heterocycles. The van der Waals surface area contributed by atoms with Crippen LogP contribution in [0, 0.1) is 0 Å². The molecule has 2 rings (SSSR count). The summed E-state index contributed by atoms with van der Waals surface area (Å²) in [5, 5.41) is 0. The summed E-state index contributed by atoms with van der Waals surface area (Å²) in [4.78, 5) is 2.40. The first-order valence-electron chi connectivity index (χ1n) is 8.49. The van der Waals surface area contributed by atoms with Gasteiger partial charge in [0.05, 0.1) is 32.0 Å². The Morgan fingerprint density at radius 3 is 2.57 bits per heavy atom. The fourth-order valence-corrected chi connectivity index (χ4v) is 3.26. The summed E-state index contributed by atoms with van der Waals surface area (Å²) in [6.45, 7) is 9.26. The minimum atomic E-state index is 0.103. The second-order valence-electron chi connectivity index (χ2n) is 6.19. The average molecular weight is 322 g/mol. The highest BCUT2D eigenvalue weighted by atomic mass is 16.5. The van der Waals surface area contributed by atoms with Crippen LogP contribution in [0.1, 0.15) is 38.8 Å². The molecule has 1 saturated heterocycles. The Hall–Kier alpha value is -1.30. The molecule has 0 amide bonds. The van der Waals surface area contributed by atoms with Crippen LogP contribution in [-0.2, 0) is 4.74 Å². The van der Waals surface area contributed by atoms with Crippen molar-refractivity contribution in [2.24, 2.45) is 5.73 Å². The lowest BCUT2D eigenvalue weighted by Crippen LogP contribution is -2.48. The van der Waals surface area contributed by atoms with E-state index in [1.807, 2.05) is 12.1 Å². The molecule has 1 aromatic carbocycles. The molecular weight excluding hydrogens is 292 g/mol. The summed E-state index contributed by atoms with van der Waals surface area (Å²) >= 11 is 0. The second-order valence-corrected chi connectivity index (χ2v) is 6.19. The van der Waals surface area contributed by atoms with Crippen LogP contribution in [0.5, 0.6) is 11.5 Å². The fourth-order valence-electron chi connectivity index (χ4n) is 3.26. The maximum atomic E-state index is 6.14. The zero-order valence-electron chi connectivity index (χ0n) is 14.7. The molecule has 1 aliphatic rings. The van der Waals surface area contributed by atoms with Gasteiger partial charge in [0.1, 0.15) is 0 Å². The molecule has 0 aromatic heterocycles. The molecule has 2 N–H and O–H groups in total. The molecular formula is C18H30N2O3. The van der Waals surface area contributed by atoms with E-state index in [1.165, 1.54) is 0 Å². The monoisotopic (exact) mass is 322 g/mol. The van der Waals surface area contributed by atoms with Crippen molar-refractivity contribution in [3.8, 4) is 11.5 Å². The minimum absolute atomic E-state index is 0.103. The smallest absolute Gasteiger partial charge is 0.165 e. The largest absolute Gasteiger partial charge is 0.493 e. The van der Waals surface area contributed by atoms with Crippen LogP contribution < -0.4 is 15.2 Å². The van der Waals surface area contributed by atoms with Crippen LogP contribution in [-0.4, -0.2) is 50.5 Å². The number of hydrogen-bond donors (Lipinski definition) is 1. The summed E-state index contributed by atoms with van der Waals surface area (Å²) in [5.74, 6) is 1.59. The Morgan fingerprint density at radius 1 is 1.30 bits per heavy atom. The zero-order chi connectivity index (χ0) is 16.8. The number of methoxy groups -OCH3 is 1. The molecule has 5 nitrogen and oxygen atoms in total. The predicted octanol–water partition coefficient (Wildman–Crippen LogP) is 2.59. The normalized spacial score (nSPS) is 23.5. The number of para-hydroxylation sites is 1. The van der Waals surface area contributed by atoms with Crippen LogP contribution in [0.2, 0.25) is 0 Å². The predicted molar refractivity (Wildman–Crippen MR) is 92.2 cm³/mol. The van der Waals surface area contributed by atoms with E-state index in [0.717, 1.165) is 36.6 Å². The van der Waals surface area contributed by atoms with Gasteiger partial charge in [-0.05, 0) is 26.3 Å². The van der Waals surface area contributed by atoms with Crippen molar-refractivity contribution in [2.45, 2.75) is 45.4 Å². The molecule has 0 aliphatic carbocycles. The van der Waals surface area contributed by atoms with Gasteiger partial charge in [-0.15, -0.1) is 0 Å². The van der Waals surface area contributed by atoms with Crippen LogP contribution in [0.4, 0.5) is 0 Å². The van der Waals surface area contributed by atoms with E-state index in [1.54, 1.807) is 7.11 Å². The molecule has 130 valence electrons. The fraction of sp³-hybridized carbons (Fsp3) is 0.667. The zero-order valence-corrected chi connectivity index (χ0v) is 14.7. The third-order valence-corrected chi connectivity index (χ3v) is 4.15. The van der Waals surface area contributed by atoms with Gasteiger partial charge in [-0.1, -0.05) is 19.1 Å². The Bertz CT molecular complexity index is 485. The quantitative estimate of drug-likeness (QED) is 0.836. The Labute approximate surface area is 139 Å². The summed E-state index contributed by atoms with van der Waals surface area (Å²) in [7, 11) is 1.67. The molecule has 1 aliphatic heterocycles. The van der Waals surface area contributed by atoms with Crippen LogP contribution in [0.3, 0.4) is 0 Å². The first kappa shape index (κ1) is 18.0. The van der Waals surface area contributed by atoms with Crippen LogP contribution >= 0.6 is 0 Å². The van der Waals surface area contributed by atoms with E-state index < -0.39 is 0 Å². The molecule has 0 saturated carbocycles. The number of morpholine rings is 1. The number of nitrogens with two attached hydrogens (primary N) is 1. The Balaban J connectivity index is 2.32. The number of hydrogen-bond acceptors (Lipinski definition) is 5. The van der Waals surface area contributed by atoms with Crippen molar-refractivity contribution in [3.63, 3.8) is 0 Å². The molecule has 1 fully saturated rings. The summed E-state index contributed by atoms with van der Waals surface area (Å²) in [5.41, 5.74) is 7.24. The summed E-state index contributed by atoms with van der Waals surface area (Å²) < 4.78 is 17.3. The SMILES string of the molecule is CCCOc1c(OC)cccc1C(CN)N1CC(C)OC(C)C1. The average Bonchev–Trinajstić information content (AvgIpc) is 2.53. The van der Waals surface area contributed by atoms with E-state index in [-0.39, 0.29) is 18.2 Å². The van der Waals surface area contributed by atoms with Gasteiger partial charge < -0.3 is 19.9 Å². The van der Waals surface area contributed by atoms with E-state index in [2.05, 4.69) is 31.7 Å². The lowest BCUT2D eigenvalue weighted by Gasteiger charge is -2.40. The highest BCUT2D eigenvalue weighted by Crippen LogP contribution is 2.37. The second kappa shape index (κ2) is 8.52. The number of rotatable bonds is 7. The van der Waals surface area contributed by atoms with Crippen LogP contribution in [0.25, 0.3) is 0 Å². The number of ether oxygens (including phenoxy) is 3. The van der Waals surface area contributed by atoms with Gasteiger partial charge in [-0.2, -0.15) is 0 Å². The van der Waals surface area contributed by atoms with Crippen molar-refractivity contribution in [2.75, 3.05) is 33.4 Å². The first-order chi connectivity index (χ1) is 11.1. The maximum Gasteiger partial charge on any atom is 0.165 e. The molecule has 0 radical (unpaired) electrons. The van der Waals surface area contributed by atoms with E-state index in [4.69, 9.17) is 19.9 Å². The lowest BCUT2D eigenvalue weighted by molar-refractivity contribution is -0.0801. The van der Waals surface area contributed by atoms with Gasteiger partial charge in [0.2, 0.25) is 0 Å². The number of nitrogens with zero attached hydrogens (tertiary/aromatic N) is 1. The topological polar surface area (TPSA) is 57.0 Å². The third kappa shape index (κ3) is 4.37. The Morgan fingerprint density at radius 2 is 2.00 bits per heavy atom. The van der Waals surface area contributed by atoms with Crippen molar-refractivity contribution >= 4 is 0 Å². The number of benzene rings is 1. The van der Waals surface area contributed by atoms with Gasteiger partial charge >= 0.3 is 0 Å². The maximum absolute atomic E-state index is 6.14. The summed E-state index contributed by atoms with van der Waals surface area (Å²) in [6, 6.07) is 6.14. The molecule has 0 spiro atoms. The molecule has 1 aromatic rings. The first-order valence-corrected chi connectivity index (χ1v) is 8.49. The minimum Gasteiger partial charge on any atom is -0.493 e. The Kier molecular flexibility index (Phi) is 6.69. The molecule has 3 atom stereocenters. The molecule has 0 bridgehead atoms. The summed E-state index contributed by atoms with van der Waals surface area (Å²) in [6.07, 6.45) is 1.37. The van der Waals surface area contributed by atoms with E-state index >= 15 is 0 Å². The van der Waals surface area contributed by atoms with Gasteiger partial charge in [-0.3, -0.25) is 4.90 Å². The highest BCUT2D eigenvalue weighted by Gasteiger charge is 2.30. The van der Waals surface area contributed by atoms with Crippen molar-refractivity contribution in [3.05, 3.63) is 23.8 Å². The third-order valence-electron chi connectivity index (χ3n) is 4.15. The molecule has 23 heavy (non-hydrogen) atoms. The van der Waals surface area contributed by atoms with Crippen LogP contribution in [0.15, 0.2) is 18.2 Å². The van der Waals surface area contributed by atoms with Gasteiger partial charge in [0.15, 0.2) is 11.5 Å². The van der Waals surface area contributed by atoms with Crippen molar-refractivity contribution in [1.82, 2.24) is 4.90 Å². The van der Waals surface area contributed by atoms with Gasteiger partial charge in [-0.25, -0.2) is 0 Å². The van der Waals surface area contributed by atoms with E-state index in [9.17, 15) is 0 Å². The van der Waals surface area contributed by atoms with E-state index in [0.29, 0.717) is 13.2 Å². The lowest BCUT2D eigenvalue weighted by atomic mass is 10.0. The van der Waals surface area contributed by atoms with Crippen molar-refractivity contribution in [1.29, 1.82) is 0 Å². The standard InChI is InChI=1S/C18H30N2O3/c1-5-9-22-18-15(7-6-8-17(18)21-4)16(10-19)20-11-13(2)23-14(3)12-20/h6-8,13-14,16H,5,9-12,19H2,1-4H3. The van der Waals surface area contributed by atoms with Gasteiger partial charge in [0.25, 0.3) is 0 Å². The molecule has 5 heteroatoms.